The zero-order valence-corrected chi connectivity index (χ0v) is 12.9. The molecule has 1 aromatic heterocycles. The van der Waals surface area contributed by atoms with Crippen molar-refractivity contribution in [1.29, 1.82) is 0 Å². The van der Waals surface area contributed by atoms with E-state index in [0.29, 0.717) is 16.5 Å². The number of benzene rings is 1. The van der Waals surface area contributed by atoms with Crippen LogP contribution in [0.15, 0.2) is 18.3 Å². The van der Waals surface area contributed by atoms with Crippen LogP contribution in [0.5, 0.6) is 0 Å². The lowest BCUT2D eigenvalue weighted by Crippen LogP contribution is -2.28. The van der Waals surface area contributed by atoms with Crippen LogP contribution >= 0.6 is 23.2 Å². The first-order valence-corrected chi connectivity index (χ1v) is 7.78. The standard InChI is InChI=1S/C15H16Cl2FN3/c16-11-7-12(17)13(18)6-10(11)14-8-20-15(21-14)5-9-1-3-19-4-2-9/h6-9,19H,1-5H2,(H,20,21). The van der Waals surface area contributed by atoms with Crippen molar-refractivity contribution >= 4 is 23.2 Å². The van der Waals surface area contributed by atoms with Gasteiger partial charge in [-0.05, 0) is 44.0 Å². The summed E-state index contributed by atoms with van der Waals surface area (Å²) in [5, 5.41) is 3.79. The Morgan fingerprint density at radius 1 is 1.19 bits per heavy atom. The Morgan fingerprint density at radius 2 is 1.95 bits per heavy atom. The number of H-pyrrole nitrogens is 1. The number of hydrogen-bond acceptors (Lipinski definition) is 2. The predicted molar refractivity (Wildman–Crippen MR) is 83.3 cm³/mol. The van der Waals surface area contributed by atoms with Crippen LogP contribution in [-0.2, 0) is 6.42 Å². The lowest BCUT2D eigenvalue weighted by atomic mass is 9.94. The number of aromatic nitrogens is 2. The van der Waals surface area contributed by atoms with E-state index in [0.717, 1.165) is 43.9 Å². The van der Waals surface area contributed by atoms with Gasteiger partial charge < -0.3 is 10.3 Å². The lowest BCUT2D eigenvalue weighted by Gasteiger charge is -2.21. The Bertz CT molecular complexity index is 636. The van der Waals surface area contributed by atoms with Gasteiger partial charge in [0.15, 0.2) is 0 Å². The monoisotopic (exact) mass is 327 g/mol. The number of nitrogens with one attached hydrogen (secondary N) is 2. The van der Waals surface area contributed by atoms with Gasteiger partial charge in [0.2, 0.25) is 0 Å². The highest BCUT2D eigenvalue weighted by atomic mass is 35.5. The molecule has 6 heteroatoms. The van der Waals surface area contributed by atoms with Gasteiger partial charge in [-0.25, -0.2) is 9.37 Å². The molecule has 112 valence electrons. The number of rotatable bonds is 3. The predicted octanol–water partition coefficient (Wildman–Crippen LogP) is 4.06. The Morgan fingerprint density at radius 3 is 2.71 bits per heavy atom. The normalized spacial score (nSPS) is 16.3. The van der Waals surface area contributed by atoms with Crippen molar-refractivity contribution in [3.63, 3.8) is 0 Å². The van der Waals surface area contributed by atoms with E-state index in [1.807, 2.05) is 0 Å². The first-order valence-electron chi connectivity index (χ1n) is 7.03. The summed E-state index contributed by atoms with van der Waals surface area (Å²) in [6, 6.07) is 2.76. The molecular weight excluding hydrogens is 312 g/mol. The molecule has 0 unspecified atom stereocenters. The molecule has 2 heterocycles. The first-order chi connectivity index (χ1) is 10.1. The second kappa shape index (κ2) is 6.34. The molecule has 3 nitrogen and oxygen atoms in total. The van der Waals surface area contributed by atoms with E-state index in [-0.39, 0.29) is 5.02 Å². The molecule has 1 saturated heterocycles. The number of hydrogen-bond donors (Lipinski definition) is 2. The molecule has 0 bridgehead atoms. The van der Waals surface area contributed by atoms with Crippen molar-refractivity contribution in [2.75, 3.05) is 13.1 Å². The summed E-state index contributed by atoms with van der Waals surface area (Å²) in [6.07, 6.45) is 4.93. The van der Waals surface area contributed by atoms with Crippen molar-refractivity contribution in [3.05, 3.63) is 40.0 Å². The molecule has 0 amide bonds. The van der Waals surface area contributed by atoms with Crippen LogP contribution in [0.1, 0.15) is 18.7 Å². The van der Waals surface area contributed by atoms with E-state index in [1.54, 1.807) is 6.20 Å². The van der Waals surface area contributed by atoms with E-state index in [1.165, 1.54) is 12.1 Å². The minimum absolute atomic E-state index is 0.0261. The quantitative estimate of drug-likeness (QED) is 0.834. The average Bonchev–Trinajstić information content (AvgIpc) is 2.92. The van der Waals surface area contributed by atoms with Crippen LogP contribution in [0, 0.1) is 11.7 Å². The third-order valence-corrected chi connectivity index (χ3v) is 4.47. The fraction of sp³-hybridized carbons (Fsp3) is 0.400. The molecule has 1 aromatic carbocycles. The first kappa shape index (κ1) is 14.8. The topological polar surface area (TPSA) is 40.7 Å². The van der Waals surface area contributed by atoms with Crippen LogP contribution in [0.3, 0.4) is 0 Å². The minimum Gasteiger partial charge on any atom is -0.342 e. The van der Waals surface area contributed by atoms with Crippen LogP contribution in [0.2, 0.25) is 10.0 Å². The fourth-order valence-electron chi connectivity index (χ4n) is 2.69. The number of aromatic amines is 1. The lowest BCUT2D eigenvalue weighted by molar-refractivity contribution is 0.368. The molecular formula is C15H16Cl2FN3. The van der Waals surface area contributed by atoms with E-state index >= 15 is 0 Å². The third-order valence-electron chi connectivity index (χ3n) is 3.87. The summed E-state index contributed by atoms with van der Waals surface area (Å²) in [5.74, 6) is 1.08. The second-order valence-corrected chi connectivity index (χ2v) is 6.20. The average molecular weight is 328 g/mol. The van der Waals surface area contributed by atoms with Gasteiger partial charge in [-0.1, -0.05) is 23.2 Å². The van der Waals surface area contributed by atoms with Crippen molar-refractivity contribution in [1.82, 2.24) is 15.3 Å². The van der Waals surface area contributed by atoms with Crippen molar-refractivity contribution in [2.24, 2.45) is 5.92 Å². The second-order valence-electron chi connectivity index (χ2n) is 5.39. The minimum atomic E-state index is -0.481. The molecule has 1 fully saturated rings. The van der Waals surface area contributed by atoms with Crippen LogP contribution < -0.4 is 5.32 Å². The molecule has 1 aliphatic heterocycles. The smallest absolute Gasteiger partial charge is 0.142 e. The van der Waals surface area contributed by atoms with Gasteiger partial charge in [-0.2, -0.15) is 0 Å². The Labute approximate surface area is 132 Å². The van der Waals surface area contributed by atoms with Gasteiger partial charge in [0.05, 0.1) is 21.9 Å². The van der Waals surface area contributed by atoms with E-state index < -0.39 is 5.82 Å². The highest BCUT2D eigenvalue weighted by molar-refractivity contribution is 6.36. The maximum Gasteiger partial charge on any atom is 0.142 e. The summed E-state index contributed by atoms with van der Waals surface area (Å²) >= 11 is 11.8. The van der Waals surface area contributed by atoms with E-state index in [4.69, 9.17) is 23.2 Å². The molecule has 0 saturated carbocycles. The summed E-state index contributed by atoms with van der Waals surface area (Å²) in [6.45, 7) is 2.12. The van der Waals surface area contributed by atoms with Gasteiger partial charge in [-0.15, -0.1) is 0 Å². The highest BCUT2D eigenvalue weighted by Gasteiger charge is 2.16. The Hall–Kier alpha value is -1.10. The number of nitrogens with zero attached hydrogens (tertiary/aromatic N) is 1. The molecule has 2 aromatic rings. The number of halogens is 3. The van der Waals surface area contributed by atoms with Crippen molar-refractivity contribution in [3.8, 4) is 11.3 Å². The van der Waals surface area contributed by atoms with Crippen LogP contribution in [-0.4, -0.2) is 23.1 Å². The summed E-state index contributed by atoms with van der Waals surface area (Å²) in [5.41, 5.74) is 1.31. The van der Waals surface area contributed by atoms with Crippen LogP contribution in [0.4, 0.5) is 4.39 Å². The van der Waals surface area contributed by atoms with Crippen molar-refractivity contribution in [2.45, 2.75) is 19.3 Å². The molecule has 21 heavy (non-hydrogen) atoms. The summed E-state index contributed by atoms with van der Waals surface area (Å²) < 4.78 is 13.6. The highest BCUT2D eigenvalue weighted by Crippen LogP contribution is 2.31. The third kappa shape index (κ3) is 3.39. The number of imidazole rings is 1. The van der Waals surface area contributed by atoms with Crippen LogP contribution in [0.25, 0.3) is 11.3 Å². The van der Waals surface area contributed by atoms with Gasteiger partial charge in [-0.3, -0.25) is 0 Å². The zero-order chi connectivity index (χ0) is 14.8. The van der Waals surface area contributed by atoms with Gasteiger partial charge in [0.1, 0.15) is 11.6 Å². The largest absolute Gasteiger partial charge is 0.342 e. The maximum atomic E-state index is 13.6. The SMILES string of the molecule is Fc1cc(-c2cnc(CC3CCNCC3)[nH]2)c(Cl)cc1Cl. The molecule has 0 radical (unpaired) electrons. The fourth-order valence-corrected chi connectivity index (χ4v) is 3.18. The number of piperidine rings is 1. The molecule has 3 rings (SSSR count). The molecule has 0 aliphatic carbocycles. The summed E-state index contributed by atoms with van der Waals surface area (Å²) in [7, 11) is 0. The molecule has 0 atom stereocenters. The van der Waals surface area contributed by atoms with Gasteiger partial charge >= 0.3 is 0 Å². The molecule has 2 N–H and O–H groups in total. The molecule has 1 aliphatic rings. The van der Waals surface area contributed by atoms with Gasteiger partial charge in [0.25, 0.3) is 0 Å². The van der Waals surface area contributed by atoms with E-state index in [9.17, 15) is 4.39 Å². The van der Waals surface area contributed by atoms with Gasteiger partial charge in [0, 0.05) is 12.0 Å². The molecule has 0 spiro atoms. The maximum absolute atomic E-state index is 13.6. The zero-order valence-electron chi connectivity index (χ0n) is 11.4. The summed E-state index contributed by atoms with van der Waals surface area (Å²) in [4.78, 5) is 7.63. The van der Waals surface area contributed by atoms with E-state index in [2.05, 4.69) is 15.3 Å². The Kier molecular flexibility index (Phi) is 4.48. The Balaban J connectivity index is 1.79. The van der Waals surface area contributed by atoms with Crippen molar-refractivity contribution < 1.29 is 4.39 Å².